The molecule has 0 bridgehead atoms. The predicted molar refractivity (Wildman–Crippen MR) is 71.3 cm³/mol. The third-order valence-corrected chi connectivity index (χ3v) is 4.20. The largest absolute Gasteiger partial charge is 0.396 e. The molecule has 0 aromatic carbocycles. The van der Waals surface area contributed by atoms with Crippen molar-refractivity contribution >= 4 is 5.91 Å². The topological polar surface area (TPSA) is 43.8 Å². The van der Waals surface area contributed by atoms with Crippen molar-refractivity contribution in [1.29, 1.82) is 0 Å². The van der Waals surface area contributed by atoms with Crippen molar-refractivity contribution in [3.63, 3.8) is 0 Å². The van der Waals surface area contributed by atoms with Gasteiger partial charge in [0.15, 0.2) is 0 Å². The third-order valence-electron chi connectivity index (χ3n) is 4.20. The fourth-order valence-corrected chi connectivity index (χ4v) is 3.03. The summed E-state index contributed by atoms with van der Waals surface area (Å²) in [5.41, 5.74) is 0. The quantitative estimate of drug-likeness (QED) is 0.775. The summed E-state index contributed by atoms with van der Waals surface area (Å²) >= 11 is 0. The van der Waals surface area contributed by atoms with E-state index in [0.29, 0.717) is 18.6 Å². The second-order valence-electron chi connectivity index (χ2n) is 5.54. The Bertz CT molecular complexity index is 277. The monoisotopic (exact) mass is 254 g/mol. The average molecular weight is 254 g/mol. The highest BCUT2D eigenvalue weighted by atomic mass is 16.3. The lowest BCUT2D eigenvalue weighted by Crippen LogP contribution is -2.47. The molecule has 0 radical (unpaired) electrons. The van der Waals surface area contributed by atoms with Gasteiger partial charge in [-0.25, -0.2) is 0 Å². The van der Waals surface area contributed by atoms with Crippen LogP contribution in [0.5, 0.6) is 0 Å². The van der Waals surface area contributed by atoms with Gasteiger partial charge in [0.25, 0.3) is 0 Å². The van der Waals surface area contributed by atoms with Crippen LogP contribution < -0.4 is 0 Å². The standard InChI is InChI=1S/C14H26N2O2/c1-2-16(13-6-7-13)14(18)11-15-9-4-3-5-12(15)8-10-17/h12-13,17H,2-11H2,1H3. The first kappa shape index (κ1) is 13.8. The molecule has 1 aliphatic carbocycles. The van der Waals surface area contributed by atoms with E-state index in [1.165, 1.54) is 25.7 Å². The van der Waals surface area contributed by atoms with Crippen molar-refractivity contribution in [3.05, 3.63) is 0 Å². The highest BCUT2D eigenvalue weighted by Crippen LogP contribution is 2.27. The van der Waals surface area contributed by atoms with Gasteiger partial charge in [0.1, 0.15) is 0 Å². The molecule has 0 spiro atoms. The number of carbonyl (C=O) groups is 1. The van der Waals surface area contributed by atoms with Crippen LogP contribution in [-0.4, -0.2) is 59.1 Å². The number of piperidine rings is 1. The van der Waals surface area contributed by atoms with E-state index in [1.807, 2.05) is 4.90 Å². The van der Waals surface area contributed by atoms with E-state index in [1.54, 1.807) is 0 Å². The maximum Gasteiger partial charge on any atom is 0.236 e. The van der Waals surface area contributed by atoms with Gasteiger partial charge in [-0.1, -0.05) is 6.42 Å². The van der Waals surface area contributed by atoms with E-state index < -0.39 is 0 Å². The number of hydrogen-bond donors (Lipinski definition) is 1. The molecule has 18 heavy (non-hydrogen) atoms. The van der Waals surface area contributed by atoms with Gasteiger partial charge >= 0.3 is 0 Å². The second kappa shape index (κ2) is 6.53. The lowest BCUT2D eigenvalue weighted by Gasteiger charge is -2.36. The number of aliphatic hydroxyl groups excluding tert-OH is 1. The van der Waals surface area contributed by atoms with E-state index in [4.69, 9.17) is 5.11 Å². The van der Waals surface area contributed by atoms with Crippen LogP contribution in [0.1, 0.15) is 45.4 Å². The third kappa shape index (κ3) is 3.45. The number of amides is 1. The van der Waals surface area contributed by atoms with Crippen LogP contribution in [0.15, 0.2) is 0 Å². The van der Waals surface area contributed by atoms with Crippen molar-refractivity contribution < 1.29 is 9.90 Å². The first-order chi connectivity index (χ1) is 8.76. The summed E-state index contributed by atoms with van der Waals surface area (Å²) in [6.45, 7) is 4.70. The van der Waals surface area contributed by atoms with Gasteiger partial charge in [0, 0.05) is 25.2 Å². The Morgan fingerprint density at radius 2 is 2.11 bits per heavy atom. The summed E-state index contributed by atoms with van der Waals surface area (Å²) in [7, 11) is 0. The van der Waals surface area contributed by atoms with Gasteiger partial charge in [-0.2, -0.15) is 0 Å². The molecular weight excluding hydrogens is 228 g/mol. The molecular formula is C14H26N2O2. The molecule has 4 heteroatoms. The lowest BCUT2D eigenvalue weighted by atomic mass is 9.99. The molecule has 2 rings (SSSR count). The Labute approximate surface area is 110 Å². The van der Waals surface area contributed by atoms with Crippen LogP contribution in [0.25, 0.3) is 0 Å². The molecule has 4 nitrogen and oxygen atoms in total. The molecule has 1 N–H and O–H groups in total. The first-order valence-corrected chi connectivity index (χ1v) is 7.40. The van der Waals surface area contributed by atoms with Crippen molar-refractivity contribution in [2.45, 2.75) is 57.5 Å². The van der Waals surface area contributed by atoms with Gasteiger partial charge in [0.2, 0.25) is 5.91 Å². The first-order valence-electron chi connectivity index (χ1n) is 7.40. The van der Waals surface area contributed by atoms with Gasteiger partial charge in [-0.3, -0.25) is 9.69 Å². The average Bonchev–Trinajstić information content (AvgIpc) is 3.17. The van der Waals surface area contributed by atoms with Crippen LogP contribution in [0.2, 0.25) is 0 Å². The Balaban J connectivity index is 1.87. The molecule has 1 saturated heterocycles. The van der Waals surface area contributed by atoms with Crippen molar-refractivity contribution in [1.82, 2.24) is 9.80 Å². The Hall–Kier alpha value is -0.610. The molecule has 104 valence electrons. The summed E-state index contributed by atoms with van der Waals surface area (Å²) < 4.78 is 0. The smallest absolute Gasteiger partial charge is 0.236 e. The zero-order chi connectivity index (χ0) is 13.0. The van der Waals surface area contributed by atoms with E-state index in [9.17, 15) is 4.79 Å². The van der Waals surface area contributed by atoms with Crippen LogP contribution >= 0.6 is 0 Å². The number of aliphatic hydroxyl groups is 1. The zero-order valence-corrected chi connectivity index (χ0v) is 11.5. The SMILES string of the molecule is CCN(C(=O)CN1CCCCC1CCO)C1CC1. The zero-order valence-electron chi connectivity index (χ0n) is 11.5. The predicted octanol–water partition coefficient (Wildman–Crippen LogP) is 1.23. The maximum absolute atomic E-state index is 12.3. The minimum absolute atomic E-state index is 0.232. The van der Waals surface area contributed by atoms with Crippen LogP contribution in [0, 0.1) is 0 Å². The highest BCUT2D eigenvalue weighted by molar-refractivity contribution is 5.79. The molecule has 1 heterocycles. The fourth-order valence-electron chi connectivity index (χ4n) is 3.03. The number of hydrogen-bond acceptors (Lipinski definition) is 3. The Morgan fingerprint density at radius 1 is 1.33 bits per heavy atom. The van der Waals surface area contributed by atoms with Gasteiger partial charge in [-0.05, 0) is 45.6 Å². The summed E-state index contributed by atoms with van der Waals surface area (Å²) in [4.78, 5) is 16.6. The summed E-state index contributed by atoms with van der Waals surface area (Å²) in [6.07, 6.45) is 6.71. The second-order valence-corrected chi connectivity index (χ2v) is 5.54. The van der Waals surface area contributed by atoms with Gasteiger partial charge in [0.05, 0.1) is 6.54 Å². The molecule has 1 amide bonds. The van der Waals surface area contributed by atoms with Crippen LogP contribution in [-0.2, 0) is 4.79 Å². The van der Waals surface area contributed by atoms with Crippen molar-refractivity contribution in [2.24, 2.45) is 0 Å². The van der Waals surface area contributed by atoms with E-state index in [-0.39, 0.29) is 12.5 Å². The number of likely N-dealkylation sites (N-methyl/N-ethyl adjacent to an activating group) is 1. The minimum Gasteiger partial charge on any atom is -0.396 e. The van der Waals surface area contributed by atoms with Crippen molar-refractivity contribution in [3.8, 4) is 0 Å². The Kier molecular flexibility index (Phi) is 5.01. The number of rotatable bonds is 6. The molecule has 1 saturated carbocycles. The fraction of sp³-hybridized carbons (Fsp3) is 0.929. The van der Waals surface area contributed by atoms with E-state index >= 15 is 0 Å². The van der Waals surface area contributed by atoms with Crippen LogP contribution in [0.3, 0.4) is 0 Å². The molecule has 1 atom stereocenters. The number of likely N-dealkylation sites (tertiary alicyclic amines) is 1. The lowest BCUT2D eigenvalue weighted by molar-refractivity contribution is -0.133. The molecule has 1 unspecified atom stereocenters. The van der Waals surface area contributed by atoms with E-state index in [2.05, 4.69) is 11.8 Å². The number of nitrogens with zero attached hydrogens (tertiary/aromatic N) is 2. The van der Waals surface area contributed by atoms with Gasteiger partial charge in [-0.15, -0.1) is 0 Å². The highest BCUT2D eigenvalue weighted by Gasteiger charge is 2.33. The summed E-state index contributed by atoms with van der Waals surface area (Å²) in [5.74, 6) is 0.282. The molecule has 2 aliphatic rings. The summed E-state index contributed by atoms with van der Waals surface area (Å²) in [5, 5.41) is 9.10. The minimum atomic E-state index is 0.232. The van der Waals surface area contributed by atoms with Crippen molar-refractivity contribution in [2.75, 3.05) is 26.2 Å². The summed E-state index contributed by atoms with van der Waals surface area (Å²) in [6, 6.07) is 0.925. The molecule has 0 aromatic heterocycles. The molecule has 1 aliphatic heterocycles. The van der Waals surface area contributed by atoms with Crippen LogP contribution in [0.4, 0.5) is 0 Å². The normalized spacial score (nSPS) is 25.1. The van der Waals surface area contributed by atoms with Gasteiger partial charge < -0.3 is 10.0 Å². The molecule has 2 fully saturated rings. The molecule has 0 aromatic rings. The Morgan fingerprint density at radius 3 is 2.72 bits per heavy atom. The number of carbonyl (C=O) groups excluding carboxylic acids is 1. The van der Waals surface area contributed by atoms with E-state index in [0.717, 1.165) is 25.9 Å². The maximum atomic E-state index is 12.3.